The summed E-state index contributed by atoms with van der Waals surface area (Å²) in [6, 6.07) is 0. The van der Waals surface area contributed by atoms with Gasteiger partial charge < -0.3 is 15.4 Å². The van der Waals surface area contributed by atoms with E-state index in [-0.39, 0.29) is 23.5 Å². The lowest BCUT2D eigenvalue weighted by molar-refractivity contribution is -0.155. The van der Waals surface area contributed by atoms with Crippen molar-refractivity contribution in [2.24, 2.45) is 17.1 Å². The standard InChI is InChI=1S/C15H28N2O2/c1-11-4-6-15(10-16,7-5-11)14(18)17-8-12(2)19-13(3)9-17/h11-13H,4-10,16H2,1-3H3. The Morgan fingerprint density at radius 3 is 2.21 bits per heavy atom. The van der Waals surface area contributed by atoms with Crippen LogP contribution in [0.2, 0.25) is 0 Å². The zero-order valence-electron chi connectivity index (χ0n) is 12.5. The fourth-order valence-corrected chi connectivity index (χ4v) is 3.50. The molecule has 0 aromatic heterocycles. The Morgan fingerprint density at radius 2 is 1.74 bits per heavy atom. The van der Waals surface area contributed by atoms with E-state index in [1.54, 1.807) is 0 Å². The summed E-state index contributed by atoms with van der Waals surface area (Å²) in [7, 11) is 0. The third kappa shape index (κ3) is 3.11. The van der Waals surface area contributed by atoms with Gasteiger partial charge in [0.25, 0.3) is 0 Å². The highest BCUT2D eigenvalue weighted by Gasteiger charge is 2.43. The van der Waals surface area contributed by atoms with E-state index >= 15 is 0 Å². The number of carbonyl (C=O) groups is 1. The topological polar surface area (TPSA) is 55.6 Å². The Hall–Kier alpha value is -0.610. The van der Waals surface area contributed by atoms with Gasteiger partial charge >= 0.3 is 0 Å². The number of nitrogens with two attached hydrogens (primary N) is 1. The molecule has 4 nitrogen and oxygen atoms in total. The smallest absolute Gasteiger partial charge is 0.230 e. The molecule has 1 aliphatic carbocycles. The maximum atomic E-state index is 12.9. The number of rotatable bonds is 2. The second kappa shape index (κ2) is 5.80. The van der Waals surface area contributed by atoms with Crippen LogP contribution in [0.3, 0.4) is 0 Å². The summed E-state index contributed by atoms with van der Waals surface area (Å²) < 4.78 is 5.71. The predicted octanol–water partition coefficient (Wildman–Crippen LogP) is 1.78. The summed E-state index contributed by atoms with van der Waals surface area (Å²) >= 11 is 0. The van der Waals surface area contributed by atoms with E-state index in [9.17, 15) is 4.79 Å². The molecule has 2 aliphatic rings. The number of hydrogen-bond donors (Lipinski definition) is 1. The molecule has 110 valence electrons. The van der Waals surface area contributed by atoms with E-state index < -0.39 is 0 Å². The molecule has 1 saturated heterocycles. The van der Waals surface area contributed by atoms with Gasteiger partial charge in [0, 0.05) is 19.6 Å². The molecule has 4 heteroatoms. The summed E-state index contributed by atoms with van der Waals surface area (Å²) in [5.74, 6) is 0.999. The first kappa shape index (κ1) is 14.8. The molecule has 1 heterocycles. The summed E-state index contributed by atoms with van der Waals surface area (Å²) in [6.45, 7) is 8.24. The van der Waals surface area contributed by atoms with Crippen LogP contribution in [0.4, 0.5) is 0 Å². The van der Waals surface area contributed by atoms with Gasteiger partial charge in [-0.1, -0.05) is 6.92 Å². The maximum Gasteiger partial charge on any atom is 0.230 e. The van der Waals surface area contributed by atoms with Crippen molar-refractivity contribution in [2.75, 3.05) is 19.6 Å². The fourth-order valence-electron chi connectivity index (χ4n) is 3.50. The molecule has 1 aliphatic heterocycles. The molecule has 2 fully saturated rings. The first-order valence-electron chi connectivity index (χ1n) is 7.62. The molecule has 19 heavy (non-hydrogen) atoms. The lowest BCUT2D eigenvalue weighted by atomic mass is 9.70. The van der Waals surface area contributed by atoms with Crippen LogP contribution in [0.25, 0.3) is 0 Å². The average molecular weight is 268 g/mol. The highest BCUT2D eigenvalue weighted by atomic mass is 16.5. The Labute approximate surface area is 116 Å². The van der Waals surface area contributed by atoms with Crippen LogP contribution >= 0.6 is 0 Å². The molecule has 2 unspecified atom stereocenters. The third-order valence-electron chi connectivity index (χ3n) is 4.78. The average Bonchev–Trinajstić information content (AvgIpc) is 2.38. The molecule has 2 atom stereocenters. The van der Waals surface area contributed by atoms with Gasteiger partial charge in [-0.2, -0.15) is 0 Å². The SMILES string of the molecule is CC1CCC(CN)(C(=O)N2CC(C)OC(C)C2)CC1. The first-order chi connectivity index (χ1) is 8.97. The van der Waals surface area contributed by atoms with E-state index in [0.29, 0.717) is 19.6 Å². The highest BCUT2D eigenvalue weighted by molar-refractivity contribution is 5.83. The minimum atomic E-state index is -0.302. The zero-order chi connectivity index (χ0) is 14.0. The van der Waals surface area contributed by atoms with Gasteiger partial charge in [0.2, 0.25) is 5.91 Å². The predicted molar refractivity (Wildman–Crippen MR) is 75.7 cm³/mol. The molecule has 0 aromatic carbocycles. The molecule has 0 bridgehead atoms. The highest BCUT2D eigenvalue weighted by Crippen LogP contribution is 2.40. The normalized spacial score (nSPS) is 40.2. The van der Waals surface area contributed by atoms with Crippen LogP contribution < -0.4 is 5.73 Å². The van der Waals surface area contributed by atoms with Gasteiger partial charge in [-0.15, -0.1) is 0 Å². The van der Waals surface area contributed by atoms with Crippen molar-refractivity contribution < 1.29 is 9.53 Å². The number of amides is 1. The molecule has 0 radical (unpaired) electrons. The molecule has 1 amide bonds. The first-order valence-corrected chi connectivity index (χ1v) is 7.62. The second-order valence-electron chi connectivity index (χ2n) is 6.63. The molecule has 0 aromatic rings. The van der Waals surface area contributed by atoms with Crippen molar-refractivity contribution in [3.8, 4) is 0 Å². The molecular formula is C15H28N2O2. The molecule has 2 N–H and O–H groups in total. The van der Waals surface area contributed by atoms with Gasteiger partial charge in [-0.25, -0.2) is 0 Å². The van der Waals surface area contributed by atoms with E-state index in [4.69, 9.17) is 10.5 Å². The Balaban J connectivity index is 2.08. The van der Waals surface area contributed by atoms with E-state index in [1.165, 1.54) is 0 Å². The quantitative estimate of drug-likeness (QED) is 0.830. The summed E-state index contributed by atoms with van der Waals surface area (Å²) in [5.41, 5.74) is 5.68. The minimum absolute atomic E-state index is 0.130. The van der Waals surface area contributed by atoms with Crippen molar-refractivity contribution in [3.63, 3.8) is 0 Å². The summed E-state index contributed by atoms with van der Waals surface area (Å²) in [6.07, 6.45) is 4.40. The van der Waals surface area contributed by atoms with E-state index in [2.05, 4.69) is 6.92 Å². The van der Waals surface area contributed by atoms with Crippen LogP contribution in [-0.4, -0.2) is 42.6 Å². The van der Waals surface area contributed by atoms with Gasteiger partial charge in [-0.3, -0.25) is 4.79 Å². The van der Waals surface area contributed by atoms with Crippen LogP contribution in [-0.2, 0) is 9.53 Å². The van der Waals surface area contributed by atoms with Gasteiger partial charge in [-0.05, 0) is 45.4 Å². The van der Waals surface area contributed by atoms with Crippen LogP contribution in [0.5, 0.6) is 0 Å². The third-order valence-corrected chi connectivity index (χ3v) is 4.78. The summed E-state index contributed by atoms with van der Waals surface area (Å²) in [5, 5.41) is 0. The Morgan fingerprint density at radius 1 is 1.21 bits per heavy atom. The van der Waals surface area contributed by atoms with Crippen LogP contribution in [0.1, 0.15) is 46.5 Å². The largest absolute Gasteiger partial charge is 0.372 e. The summed E-state index contributed by atoms with van der Waals surface area (Å²) in [4.78, 5) is 14.9. The monoisotopic (exact) mass is 268 g/mol. The number of ether oxygens (including phenoxy) is 1. The minimum Gasteiger partial charge on any atom is -0.372 e. The Kier molecular flexibility index (Phi) is 4.51. The molecule has 0 spiro atoms. The number of hydrogen-bond acceptors (Lipinski definition) is 3. The van der Waals surface area contributed by atoms with E-state index in [0.717, 1.165) is 31.6 Å². The van der Waals surface area contributed by atoms with Crippen molar-refractivity contribution in [1.29, 1.82) is 0 Å². The van der Waals surface area contributed by atoms with Gasteiger partial charge in [0.1, 0.15) is 0 Å². The van der Waals surface area contributed by atoms with Crippen LogP contribution in [0, 0.1) is 11.3 Å². The van der Waals surface area contributed by atoms with Gasteiger partial charge in [0.15, 0.2) is 0 Å². The second-order valence-corrected chi connectivity index (χ2v) is 6.63. The fraction of sp³-hybridized carbons (Fsp3) is 0.933. The van der Waals surface area contributed by atoms with Crippen molar-refractivity contribution >= 4 is 5.91 Å². The van der Waals surface area contributed by atoms with Gasteiger partial charge in [0.05, 0.1) is 17.6 Å². The number of morpholine rings is 1. The lowest BCUT2D eigenvalue weighted by Gasteiger charge is -2.44. The van der Waals surface area contributed by atoms with Crippen LogP contribution in [0.15, 0.2) is 0 Å². The Bertz CT molecular complexity index is 314. The number of nitrogens with zero attached hydrogens (tertiary/aromatic N) is 1. The molecular weight excluding hydrogens is 240 g/mol. The van der Waals surface area contributed by atoms with Crippen molar-refractivity contribution in [3.05, 3.63) is 0 Å². The molecule has 2 rings (SSSR count). The lowest BCUT2D eigenvalue weighted by Crippen LogP contribution is -2.55. The maximum absolute atomic E-state index is 12.9. The van der Waals surface area contributed by atoms with Crippen molar-refractivity contribution in [2.45, 2.75) is 58.7 Å². The van der Waals surface area contributed by atoms with E-state index in [1.807, 2.05) is 18.7 Å². The molecule has 1 saturated carbocycles. The zero-order valence-corrected chi connectivity index (χ0v) is 12.5. The number of carbonyl (C=O) groups excluding carboxylic acids is 1. The van der Waals surface area contributed by atoms with Crippen molar-refractivity contribution in [1.82, 2.24) is 4.90 Å².